The van der Waals surface area contributed by atoms with Gasteiger partial charge in [0.15, 0.2) is 11.5 Å². The predicted octanol–water partition coefficient (Wildman–Crippen LogP) is 4.22. The molecule has 3 rings (SSSR count). The molecule has 0 fully saturated rings. The number of hydrogen-bond donors (Lipinski definition) is 0. The van der Waals surface area contributed by atoms with Crippen molar-refractivity contribution in [3.05, 3.63) is 59.2 Å². The van der Waals surface area contributed by atoms with Crippen molar-refractivity contribution >= 4 is 0 Å². The van der Waals surface area contributed by atoms with Crippen molar-refractivity contribution in [3.63, 3.8) is 0 Å². The lowest BCUT2D eigenvalue weighted by Crippen LogP contribution is -2.09. The van der Waals surface area contributed by atoms with Crippen LogP contribution in [0.4, 0.5) is 0 Å². The third-order valence-corrected chi connectivity index (χ3v) is 4.13. The maximum atomic E-state index is 9.30. The van der Waals surface area contributed by atoms with E-state index in [9.17, 15) is 5.26 Å². The summed E-state index contributed by atoms with van der Waals surface area (Å²) < 4.78 is 11.4. The maximum Gasteiger partial charge on any atom is 0.161 e. The van der Waals surface area contributed by atoms with Gasteiger partial charge >= 0.3 is 0 Å². The fourth-order valence-corrected chi connectivity index (χ4v) is 2.95. The van der Waals surface area contributed by atoms with E-state index >= 15 is 0 Å². The molecule has 3 heteroatoms. The smallest absolute Gasteiger partial charge is 0.161 e. The Morgan fingerprint density at radius 1 is 1.18 bits per heavy atom. The largest absolute Gasteiger partial charge is 0.493 e. The second-order valence-electron chi connectivity index (χ2n) is 5.55. The van der Waals surface area contributed by atoms with Crippen LogP contribution in [0.15, 0.2) is 42.5 Å². The van der Waals surface area contributed by atoms with E-state index < -0.39 is 0 Å². The number of rotatable bonds is 4. The molecule has 1 aliphatic carbocycles. The molecule has 2 aromatic carbocycles. The summed E-state index contributed by atoms with van der Waals surface area (Å²) in [7, 11) is 1.64. The van der Waals surface area contributed by atoms with Gasteiger partial charge in [-0.2, -0.15) is 5.26 Å². The average molecular weight is 293 g/mol. The van der Waals surface area contributed by atoms with Crippen LogP contribution in [0.1, 0.15) is 35.4 Å². The normalized spacial score (nSPS) is 16.5. The molecule has 0 bridgehead atoms. The lowest BCUT2D eigenvalue weighted by Gasteiger charge is -2.22. The number of methoxy groups -OCH3 is 1. The van der Waals surface area contributed by atoms with E-state index in [4.69, 9.17) is 9.47 Å². The molecule has 1 unspecified atom stereocenters. The fraction of sp³-hybridized carbons (Fsp3) is 0.316. The Bertz CT molecular complexity index is 689. The molecule has 0 N–H and O–H groups in total. The molecule has 0 heterocycles. The van der Waals surface area contributed by atoms with Gasteiger partial charge < -0.3 is 9.47 Å². The van der Waals surface area contributed by atoms with Gasteiger partial charge in [0, 0.05) is 0 Å². The Kier molecular flexibility index (Phi) is 4.29. The van der Waals surface area contributed by atoms with Crippen LogP contribution in [0.3, 0.4) is 0 Å². The Balaban J connectivity index is 1.86. The van der Waals surface area contributed by atoms with Gasteiger partial charge in [-0.15, -0.1) is 0 Å². The first kappa shape index (κ1) is 14.5. The Morgan fingerprint density at radius 3 is 2.73 bits per heavy atom. The molecule has 1 atom stereocenters. The molecule has 112 valence electrons. The second-order valence-corrected chi connectivity index (χ2v) is 5.55. The first-order valence-corrected chi connectivity index (χ1v) is 7.59. The highest BCUT2D eigenvalue weighted by Gasteiger charge is 2.22. The number of nitriles is 1. The van der Waals surface area contributed by atoms with Crippen LogP contribution in [0.2, 0.25) is 0 Å². The molecule has 1 aliphatic rings. The first-order valence-electron chi connectivity index (χ1n) is 7.59. The SMILES string of the molecule is COc1cc2c(cc1OCc1ccccc1)CCCC2C#N. The molecular formula is C19H19NO2. The Morgan fingerprint density at radius 2 is 2.00 bits per heavy atom. The lowest BCUT2D eigenvalue weighted by molar-refractivity contribution is 0.283. The summed E-state index contributed by atoms with van der Waals surface area (Å²) in [5.74, 6) is 1.43. The molecule has 3 nitrogen and oxygen atoms in total. The van der Waals surface area contributed by atoms with Crippen molar-refractivity contribution in [1.29, 1.82) is 5.26 Å². The molecule has 0 saturated carbocycles. The highest BCUT2D eigenvalue weighted by molar-refractivity contribution is 5.50. The summed E-state index contributed by atoms with van der Waals surface area (Å²) in [6, 6.07) is 16.5. The van der Waals surface area contributed by atoms with Gasteiger partial charge in [-0.25, -0.2) is 0 Å². The van der Waals surface area contributed by atoms with Crippen molar-refractivity contribution in [3.8, 4) is 17.6 Å². The molecule has 0 spiro atoms. The summed E-state index contributed by atoms with van der Waals surface area (Å²) in [4.78, 5) is 0. The minimum Gasteiger partial charge on any atom is -0.493 e. The summed E-state index contributed by atoms with van der Waals surface area (Å²) in [6.07, 6.45) is 2.98. The molecule has 0 aromatic heterocycles. The van der Waals surface area contributed by atoms with E-state index in [0.717, 1.165) is 36.1 Å². The van der Waals surface area contributed by atoms with E-state index in [-0.39, 0.29) is 5.92 Å². The zero-order valence-corrected chi connectivity index (χ0v) is 12.7. The zero-order chi connectivity index (χ0) is 15.4. The van der Waals surface area contributed by atoms with Crippen molar-refractivity contribution in [2.75, 3.05) is 7.11 Å². The molecule has 22 heavy (non-hydrogen) atoms. The average Bonchev–Trinajstić information content (AvgIpc) is 2.59. The molecular weight excluding hydrogens is 274 g/mol. The second kappa shape index (κ2) is 6.53. The third kappa shape index (κ3) is 2.92. The summed E-state index contributed by atoms with van der Waals surface area (Å²) in [5.41, 5.74) is 3.43. The molecule has 2 aromatic rings. The quantitative estimate of drug-likeness (QED) is 0.847. The molecule has 0 saturated heterocycles. The fourth-order valence-electron chi connectivity index (χ4n) is 2.95. The number of fused-ring (bicyclic) bond motifs is 1. The molecule has 0 radical (unpaired) electrons. The summed E-state index contributed by atoms with van der Waals surface area (Å²) in [5, 5.41) is 9.30. The van der Waals surface area contributed by atoms with Crippen molar-refractivity contribution < 1.29 is 9.47 Å². The highest BCUT2D eigenvalue weighted by atomic mass is 16.5. The van der Waals surface area contributed by atoms with E-state index in [1.807, 2.05) is 42.5 Å². The van der Waals surface area contributed by atoms with Gasteiger partial charge in [-0.3, -0.25) is 0 Å². The molecule has 0 amide bonds. The van der Waals surface area contributed by atoms with Crippen molar-refractivity contribution in [2.24, 2.45) is 0 Å². The van der Waals surface area contributed by atoms with Crippen LogP contribution in [0, 0.1) is 11.3 Å². The van der Waals surface area contributed by atoms with E-state index in [1.54, 1.807) is 7.11 Å². The number of benzene rings is 2. The first-order chi connectivity index (χ1) is 10.8. The van der Waals surface area contributed by atoms with Crippen LogP contribution in [0.25, 0.3) is 0 Å². The van der Waals surface area contributed by atoms with Crippen LogP contribution in [0.5, 0.6) is 11.5 Å². The monoisotopic (exact) mass is 293 g/mol. The lowest BCUT2D eigenvalue weighted by atomic mass is 9.83. The van der Waals surface area contributed by atoms with Gasteiger partial charge in [0.05, 0.1) is 19.1 Å². The van der Waals surface area contributed by atoms with Crippen molar-refractivity contribution in [1.82, 2.24) is 0 Å². The number of nitrogens with zero attached hydrogens (tertiary/aromatic N) is 1. The van der Waals surface area contributed by atoms with Gasteiger partial charge in [0.1, 0.15) is 6.61 Å². The van der Waals surface area contributed by atoms with Gasteiger partial charge in [-0.1, -0.05) is 30.3 Å². The van der Waals surface area contributed by atoms with E-state index in [0.29, 0.717) is 12.4 Å². The standard InChI is InChI=1S/C19H19NO2/c1-21-18-11-17-15(8-5-9-16(17)12-20)10-19(18)22-13-14-6-3-2-4-7-14/h2-4,6-7,10-11,16H,5,8-9,13H2,1H3. The van der Waals surface area contributed by atoms with Crippen LogP contribution < -0.4 is 9.47 Å². The van der Waals surface area contributed by atoms with Gasteiger partial charge in [-0.05, 0) is 48.1 Å². The third-order valence-electron chi connectivity index (χ3n) is 4.13. The maximum absolute atomic E-state index is 9.30. The van der Waals surface area contributed by atoms with Crippen LogP contribution in [-0.2, 0) is 13.0 Å². The van der Waals surface area contributed by atoms with Gasteiger partial charge in [0.25, 0.3) is 0 Å². The Hall–Kier alpha value is -2.47. The molecule has 0 aliphatic heterocycles. The van der Waals surface area contributed by atoms with Gasteiger partial charge in [0.2, 0.25) is 0 Å². The van der Waals surface area contributed by atoms with E-state index in [2.05, 4.69) is 6.07 Å². The van der Waals surface area contributed by atoms with E-state index in [1.165, 1.54) is 5.56 Å². The Labute approximate surface area is 131 Å². The highest BCUT2D eigenvalue weighted by Crippen LogP contribution is 2.39. The topological polar surface area (TPSA) is 42.2 Å². The van der Waals surface area contributed by atoms with Crippen LogP contribution in [-0.4, -0.2) is 7.11 Å². The zero-order valence-electron chi connectivity index (χ0n) is 12.7. The van der Waals surface area contributed by atoms with Crippen LogP contribution >= 0.6 is 0 Å². The number of aryl methyl sites for hydroxylation is 1. The minimum absolute atomic E-state index is 0.0270. The summed E-state index contributed by atoms with van der Waals surface area (Å²) in [6.45, 7) is 0.512. The van der Waals surface area contributed by atoms with Crippen molar-refractivity contribution in [2.45, 2.75) is 31.8 Å². The number of ether oxygens (including phenoxy) is 2. The number of hydrogen-bond acceptors (Lipinski definition) is 3. The summed E-state index contributed by atoms with van der Waals surface area (Å²) >= 11 is 0. The minimum atomic E-state index is -0.0270. The predicted molar refractivity (Wildman–Crippen MR) is 85.1 cm³/mol.